The maximum absolute atomic E-state index is 4.90. The van der Waals surface area contributed by atoms with Gasteiger partial charge < -0.3 is 2.85 Å². The van der Waals surface area contributed by atoms with Gasteiger partial charge in [-0.05, 0) is 48.2 Å². The fourth-order valence-corrected chi connectivity index (χ4v) is 3.94. The summed E-state index contributed by atoms with van der Waals surface area (Å²) >= 11 is 0. The first-order chi connectivity index (χ1) is 13.7. The van der Waals surface area contributed by atoms with E-state index in [0.29, 0.717) is 0 Å². The minimum atomic E-state index is 0. The van der Waals surface area contributed by atoms with Crippen LogP contribution in [0.15, 0.2) is 84.9 Å². The van der Waals surface area contributed by atoms with E-state index in [1.807, 2.05) is 12.1 Å². The fraction of sp³-hybridized carbons (Fsp3) is 0.0769. The standard InChI is InChI=1S/C26H20N2.2Na.2H/c1-17-15-23(19-9-5-3-6-10-19)21-13-14-22-24(20-11-7-4-8-12-20)16-18(2)28-26(22)25(21)27-17;;;;/h3-16H,1-2H3;;;;/q;2*+1;2*-1. The molecule has 0 aliphatic carbocycles. The number of benzene rings is 3. The van der Waals surface area contributed by atoms with Crippen molar-refractivity contribution in [3.05, 3.63) is 96.3 Å². The molecule has 0 atom stereocenters. The molecule has 0 aliphatic rings. The van der Waals surface area contributed by atoms with E-state index in [1.165, 1.54) is 22.3 Å². The normalized spacial score (nSPS) is 10.5. The number of pyridine rings is 2. The molecular formula is C26H22N2Na2. The van der Waals surface area contributed by atoms with Crippen LogP contribution in [-0.4, -0.2) is 9.97 Å². The molecule has 4 heteroatoms. The number of nitrogens with zero attached hydrogens (tertiary/aromatic N) is 2. The van der Waals surface area contributed by atoms with Gasteiger partial charge in [0.2, 0.25) is 0 Å². The molecule has 5 rings (SSSR count). The van der Waals surface area contributed by atoms with Crippen molar-refractivity contribution in [2.45, 2.75) is 13.8 Å². The van der Waals surface area contributed by atoms with Gasteiger partial charge in [0.15, 0.2) is 0 Å². The van der Waals surface area contributed by atoms with Crippen LogP contribution in [-0.2, 0) is 0 Å². The zero-order valence-electron chi connectivity index (χ0n) is 20.0. The van der Waals surface area contributed by atoms with E-state index in [-0.39, 0.29) is 62.0 Å². The molecule has 138 valence electrons. The topological polar surface area (TPSA) is 25.8 Å². The number of hydrogen-bond donors (Lipinski definition) is 0. The summed E-state index contributed by atoms with van der Waals surface area (Å²) in [7, 11) is 0. The molecule has 2 nitrogen and oxygen atoms in total. The molecule has 0 radical (unpaired) electrons. The zero-order chi connectivity index (χ0) is 19.1. The number of rotatable bonds is 2. The molecular weight excluding hydrogens is 386 g/mol. The molecule has 2 aromatic heterocycles. The van der Waals surface area contributed by atoms with Crippen molar-refractivity contribution in [1.82, 2.24) is 9.97 Å². The Hall–Kier alpha value is -1.52. The molecule has 3 aromatic carbocycles. The second-order valence-electron chi connectivity index (χ2n) is 7.21. The third kappa shape index (κ3) is 4.27. The maximum Gasteiger partial charge on any atom is 1.00 e. The molecule has 0 saturated carbocycles. The number of fused-ring (bicyclic) bond motifs is 3. The van der Waals surface area contributed by atoms with Crippen LogP contribution in [0.1, 0.15) is 14.2 Å². The Kier molecular flexibility index (Phi) is 7.52. The summed E-state index contributed by atoms with van der Waals surface area (Å²) in [5.41, 5.74) is 8.76. The minimum absolute atomic E-state index is 0. The molecule has 0 bridgehead atoms. The molecule has 0 N–H and O–H groups in total. The van der Waals surface area contributed by atoms with Crippen LogP contribution in [0.3, 0.4) is 0 Å². The molecule has 0 fully saturated rings. The van der Waals surface area contributed by atoms with Crippen LogP contribution < -0.4 is 59.1 Å². The van der Waals surface area contributed by atoms with Gasteiger partial charge in [-0.1, -0.05) is 72.8 Å². The van der Waals surface area contributed by atoms with Crippen molar-refractivity contribution in [2.24, 2.45) is 0 Å². The van der Waals surface area contributed by atoms with Gasteiger partial charge >= 0.3 is 59.1 Å². The van der Waals surface area contributed by atoms with Gasteiger partial charge in [0.05, 0.1) is 11.0 Å². The van der Waals surface area contributed by atoms with Gasteiger partial charge in [-0.3, -0.25) is 9.97 Å². The van der Waals surface area contributed by atoms with Gasteiger partial charge in [0, 0.05) is 22.2 Å². The summed E-state index contributed by atoms with van der Waals surface area (Å²) in [6.45, 7) is 4.11. The first kappa shape index (κ1) is 23.1. The summed E-state index contributed by atoms with van der Waals surface area (Å²) < 4.78 is 0. The van der Waals surface area contributed by atoms with E-state index in [2.05, 4.69) is 86.6 Å². The number of aryl methyl sites for hydroxylation is 2. The molecule has 0 unspecified atom stereocenters. The first-order valence-electron chi connectivity index (χ1n) is 9.53. The molecule has 5 aromatic rings. The Balaban J connectivity index is 0.00000128. The van der Waals surface area contributed by atoms with E-state index in [9.17, 15) is 0 Å². The SMILES string of the molecule is Cc1cc(-c2ccccc2)c2ccc3c(-c4ccccc4)cc(C)nc3c2n1.[H-].[H-].[Na+].[Na+]. The van der Waals surface area contributed by atoms with Gasteiger partial charge in [0.1, 0.15) is 0 Å². The second kappa shape index (κ2) is 9.74. The summed E-state index contributed by atoms with van der Waals surface area (Å²) in [6, 6.07) is 29.7. The number of hydrogen-bond acceptors (Lipinski definition) is 2. The molecule has 0 amide bonds. The summed E-state index contributed by atoms with van der Waals surface area (Å²) in [5.74, 6) is 0. The van der Waals surface area contributed by atoms with E-state index >= 15 is 0 Å². The Morgan fingerprint density at radius 2 is 0.900 bits per heavy atom. The van der Waals surface area contributed by atoms with Gasteiger partial charge in [-0.15, -0.1) is 0 Å². The van der Waals surface area contributed by atoms with E-state index in [1.54, 1.807) is 0 Å². The average Bonchev–Trinajstić information content (AvgIpc) is 2.74. The Bertz CT molecular complexity index is 1220. The van der Waals surface area contributed by atoms with Crippen LogP contribution in [0.2, 0.25) is 0 Å². The largest absolute Gasteiger partial charge is 1.00 e. The zero-order valence-corrected chi connectivity index (χ0v) is 22.0. The van der Waals surface area contributed by atoms with Crippen molar-refractivity contribution in [3.8, 4) is 22.3 Å². The second-order valence-corrected chi connectivity index (χ2v) is 7.21. The third-order valence-electron chi connectivity index (χ3n) is 5.18. The van der Waals surface area contributed by atoms with Crippen molar-refractivity contribution in [1.29, 1.82) is 0 Å². The minimum Gasteiger partial charge on any atom is -1.00 e. The average molecular weight is 408 g/mol. The van der Waals surface area contributed by atoms with Crippen LogP contribution in [0, 0.1) is 13.8 Å². The van der Waals surface area contributed by atoms with Crippen LogP contribution in [0.5, 0.6) is 0 Å². The third-order valence-corrected chi connectivity index (χ3v) is 5.18. The Morgan fingerprint density at radius 1 is 0.533 bits per heavy atom. The van der Waals surface area contributed by atoms with Gasteiger partial charge in [0.25, 0.3) is 0 Å². The predicted molar refractivity (Wildman–Crippen MR) is 120 cm³/mol. The molecule has 2 heterocycles. The first-order valence-corrected chi connectivity index (χ1v) is 9.53. The van der Waals surface area contributed by atoms with Gasteiger partial charge in [-0.2, -0.15) is 0 Å². The predicted octanol–water partition coefficient (Wildman–Crippen LogP) is 0.967. The summed E-state index contributed by atoms with van der Waals surface area (Å²) in [6.07, 6.45) is 0. The van der Waals surface area contributed by atoms with Gasteiger partial charge in [-0.25, -0.2) is 0 Å². The van der Waals surface area contributed by atoms with Crippen molar-refractivity contribution in [2.75, 3.05) is 0 Å². The van der Waals surface area contributed by atoms with Crippen LogP contribution >= 0.6 is 0 Å². The van der Waals surface area contributed by atoms with E-state index in [4.69, 9.17) is 9.97 Å². The maximum atomic E-state index is 4.90. The molecule has 0 aliphatic heterocycles. The van der Waals surface area contributed by atoms with Crippen molar-refractivity contribution in [3.63, 3.8) is 0 Å². The van der Waals surface area contributed by atoms with Crippen LogP contribution in [0.4, 0.5) is 0 Å². The van der Waals surface area contributed by atoms with E-state index < -0.39 is 0 Å². The Labute approximate surface area is 224 Å². The quantitative estimate of drug-likeness (QED) is 0.321. The van der Waals surface area contributed by atoms with E-state index in [0.717, 1.165) is 33.2 Å². The van der Waals surface area contributed by atoms with Crippen molar-refractivity contribution >= 4 is 21.8 Å². The molecule has 30 heavy (non-hydrogen) atoms. The summed E-state index contributed by atoms with van der Waals surface area (Å²) in [5, 5.41) is 2.28. The monoisotopic (exact) mass is 408 g/mol. The fourth-order valence-electron chi connectivity index (χ4n) is 3.94. The molecule has 0 saturated heterocycles. The van der Waals surface area contributed by atoms with Crippen molar-refractivity contribution < 1.29 is 62.0 Å². The molecule has 0 spiro atoms. The Morgan fingerprint density at radius 3 is 1.27 bits per heavy atom. The summed E-state index contributed by atoms with van der Waals surface area (Å²) in [4.78, 5) is 9.81. The number of aromatic nitrogens is 2. The van der Waals surface area contributed by atoms with Crippen LogP contribution in [0.25, 0.3) is 44.1 Å². The smallest absolute Gasteiger partial charge is 1.00 e.